The molecule has 2 fully saturated rings. The molecule has 1 saturated carbocycles. The van der Waals surface area contributed by atoms with E-state index in [1.165, 1.54) is 22.7 Å². The van der Waals surface area contributed by atoms with Crippen LogP contribution in [0, 0.1) is 0 Å². The summed E-state index contributed by atoms with van der Waals surface area (Å²) in [6.07, 6.45) is 2.64. The van der Waals surface area contributed by atoms with Crippen LogP contribution in [0.2, 0.25) is 0 Å². The average Bonchev–Trinajstić information content (AvgIpc) is 3.21. The summed E-state index contributed by atoms with van der Waals surface area (Å²) in [5.74, 6) is 0. The summed E-state index contributed by atoms with van der Waals surface area (Å²) in [6, 6.07) is 1.15. The number of nitrogens with one attached hydrogen (secondary N) is 1. The Kier molecular flexibility index (Phi) is 4.91. The zero-order chi connectivity index (χ0) is 14.8. The Labute approximate surface area is 131 Å². The van der Waals surface area contributed by atoms with Crippen molar-refractivity contribution in [2.45, 2.75) is 38.1 Å². The molecule has 1 unspecified atom stereocenters. The molecule has 2 heterocycles. The predicted molar refractivity (Wildman–Crippen MR) is 85.6 cm³/mol. The number of nitrogens with zero attached hydrogens (tertiary/aromatic N) is 3. The lowest BCUT2D eigenvalue weighted by Crippen LogP contribution is -2.44. The molecule has 1 aliphatic carbocycles. The van der Waals surface area contributed by atoms with E-state index in [1.54, 1.807) is 7.11 Å². The summed E-state index contributed by atoms with van der Waals surface area (Å²) in [7, 11) is 6.15. The highest BCUT2D eigenvalue weighted by molar-refractivity contribution is 7.11. The van der Waals surface area contributed by atoms with Gasteiger partial charge in [-0.2, -0.15) is 0 Å². The van der Waals surface area contributed by atoms with Crippen LogP contribution in [0.4, 0.5) is 0 Å². The van der Waals surface area contributed by atoms with Crippen LogP contribution >= 0.6 is 11.3 Å². The Morgan fingerprint density at radius 2 is 2.14 bits per heavy atom. The number of hydrogen-bond acceptors (Lipinski definition) is 6. The smallest absolute Gasteiger partial charge is 0.112 e. The maximum absolute atomic E-state index is 5.33. The molecule has 1 aromatic heterocycles. The molecule has 0 spiro atoms. The molecular formula is C15H26N4OS. The van der Waals surface area contributed by atoms with Gasteiger partial charge in [-0.3, -0.25) is 4.90 Å². The maximum Gasteiger partial charge on any atom is 0.112 e. The number of hydrogen-bond donors (Lipinski definition) is 1. The molecule has 1 aliphatic heterocycles. The van der Waals surface area contributed by atoms with Gasteiger partial charge in [-0.1, -0.05) is 0 Å². The second-order valence-electron chi connectivity index (χ2n) is 6.27. The van der Waals surface area contributed by atoms with Crippen molar-refractivity contribution >= 4 is 11.3 Å². The molecule has 1 atom stereocenters. The first-order chi connectivity index (χ1) is 10.2. The minimum absolute atomic E-state index is 0.416. The number of aromatic nitrogens is 1. The Hall–Kier alpha value is -0.530. The van der Waals surface area contributed by atoms with Crippen LogP contribution in [-0.4, -0.2) is 61.7 Å². The third-order valence-corrected chi connectivity index (χ3v) is 5.54. The van der Waals surface area contributed by atoms with Gasteiger partial charge in [-0.25, -0.2) is 4.98 Å². The lowest BCUT2D eigenvalue weighted by atomic mass is 10.2. The lowest BCUT2D eigenvalue weighted by Gasteiger charge is -2.36. The second kappa shape index (κ2) is 6.71. The molecule has 3 rings (SSSR count). The van der Waals surface area contributed by atoms with Gasteiger partial charge in [-0.05, 0) is 26.9 Å². The van der Waals surface area contributed by atoms with Crippen LogP contribution in [0.15, 0.2) is 0 Å². The molecule has 0 radical (unpaired) electrons. The van der Waals surface area contributed by atoms with Gasteiger partial charge in [0, 0.05) is 44.2 Å². The highest BCUT2D eigenvalue weighted by Crippen LogP contribution is 2.30. The van der Waals surface area contributed by atoms with E-state index in [9.17, 15) is 0 Å². The van der Waals surface area contributed by atoms with Crippen molar-refractivity contribution in [1.82, 2.24) is 20.1 Å². The molecule has 1 aromatic rings. The molecule has 2 aliphatic rings. The largest absolute Gasteiger partial charge is 0.378 e. The molecule has 21 heavy (non-hydrogen) atoms. The van der Waals surface area contributed by atoms with Crippen LogP contribution in [-0.2, 0) is 17.9 Å². The number of likely N-dealkylation sites (N-methyl/N-ethyl adjacent to an activating group) is 2. The van der Waals surface area contributed by atoms with Crippen molar-refractivity contribution in [2.24, 2.45) is 0 Å². The standard InChI is InChI=1S/C15H26N4OS/c1-18-6-7-19(2)13(9-18)15-17-12(10-20-3)14(21-15)8-16-11-4-5-11/h11,13,16H,4-10H2,1-3H3. The summed E-state index contributed by atoms with van der Waals surface area (Å²) < 4.78 is 5.33. The minimum Gasteiger partial charge on any atom is -0.378 e. The fourth-order valence-electron chi connectivity index (χ4n) is 2.73. The number of thiazole rings is 1. The van der Waals surface area contributed by atoms with Crippen molar-refractivity contribution < 1.29 is 4.74 Å². The molecule has 1 N–H and O–H groups in total. The Balaban J connectivity index is 1.75. The SMILES string of the molecule is COCc1nc(C2CN(C)CCN2C)sc1CNC1CC1. The molecule has 0 bridgehead atoms. The Morgan fingerprint density at radius 3 is 2.86 bits per heavy atom. The fraction of sp³-hybridized carbons (Fsp3) is 0.800. The summed E-state index contributed by atoms with van der Waals surface area (Å²) in [4.78, 5) is 11.1. The fourth-order valence-corrected chi connectivity index (χ4v) is 3.91. The van der Waals surface area contributed by atoms with Crippen LogP contribution in [0.5, 0.6) is 0 Å². The van der Waals surface area contributed by atoms with Gasteiger partial charge < -0.3 is 15.0 Å². The van der Waals surface area contributed by atoms with Crippen LogP contribution in [0.3, 0.4) is 0 Å². The summed E-state index contributed by atoms with van der Waals surface area (Å²) in [5, 5.41) is 4.84. The lowest BCUT2D eigenvalue weighted by molar-refractivity contribution is 0.114. The molecular weight excluding hydrogens is 284 g/mol. The quantitative estimate of drug-likeness (QED) is 0.861. The number of piperazine rings is 1. The van der Waals surface area contributed by atoms with E-state index >= 15 is 0 Å². The normalized spacial score (nSPS) is 24.6. The molecule has 6 heteroatoms. The van der Waals surface area contributed by atoms with Crippen molar-refractivity contribution in [2.75, 3.05) is 40.8 Å². The maximum atomic E-state index is 5.33. The third kappa shape index (κ3) is 3.81. The van der Waals surface area contributed by atoms with Gasteiger partial charge in [0.05, 0.1) is 18.3 Å². The zero-order valence-electron chi connectivity index (χ0n) is 13.3. The average molecular weight is 310 g/mol. The van der Waals surface area contributed by atoms with E-state index in [4.69, 9.17) is 9.72 Å². The van der Waals surface area contributed by atoms with Crippen molar-refractivity contribution in [3.05, 3.63) is 15.6 Å². The van der Waals surface area contributed by atoms with Crippen molar-refractivity contribution in [1.29, 1.82) is 0 Å². The van der Waals surface area contributed by atoms with Gasteiger partial charge in [-0.15, -0.1) is 11.3 Å². The first kappa shape index (κ1) is 15.4. The first-order valence-corrected chi connectivity index (χ1v) is 8.58. The van der Waals surface area contributed by atoms with Crippen molar-refractivity contribution in [3.8, 4) is 0 Å². The zero-order valence-corrected chi connectivity index (χ0v) is 14.1. The summed E-state index contributed by atoms with van der Waals surface area (Å²) >= 11 is 1.86. The molecule has 1 saturated heterocycles. The molecule has 118 valence electrons. The van der Waals surface area contributed by atoms with E-state index in [0.717, 1.165) is 37.9 Å². The second-order valence-corrected chi connectivity index (χ2v) is 7.38. The minimum atomic E-state index is 0.416. The highest BCUT2D eigenvalue weighted by Gasteiger charge is 2.28. The number of ether oxygens (including phenoxy) is 1. The summed E-state index contributed by atoms with van der Waals surface area (Å²) in [5.41, 5.74) is 1.12. The third-order valence-electron chi connectivity index (χ3n) is 4.34. The van der Waals surface area contributed by atoms with Gasteiger partial charge >= 0.3 is 0 Å². The highest BCUT2D eigenvalue weighted by atomic mass is 32.1. The van der Waals surface area contributed by atoms with E-state index in [2.05, 4.69) is 29.2 Å². The van der Waals surface area contributed by atoms with Gasteiger partial charge in [0.2, 0.25) is 0 Å². The van der Waals surface area contributed by atoms with E-state index in [0.29, 0.717) is 12.6 Å². The van der Waals surface area contributed by atoms with Crippen LogP contribution in [0.1, 0.15) is 34.5 Å². The van der Waals surface area contributed by atoms with Crippen LogP contribution in [0.25, 0.3) is 0 Å². The van der Waals surface area contributed by atoms with E-state index in [-0.39, 0.29) is 0 Å². The van der Waals surface area contributed by atoms with Gasteiger partial charge in [0.15, 0.2) is 0 Å². The molecule has 0 aromatic carbocycles. The number of methoxy groups -OCH3 is 1. The van der Waals surface area contributed by atoms with E-state index < -0.39 is 0 Å². The molecule has 0 amide bonds. The van der Waals surface area contributed by atoms with Gasteiger partial charge in [0.25, 0.3) is 0 Å². The van der Waals surface area contributed by atoms with Crippen molar-refractivity contribution in [3.63, 3.8) is 0 Å². The van der Waals surface area contributed by atoms with Gasteiger partial charge in [0.1, 0.15) is 5.01 Å². The monoisotopic (exact) mass is 310 g/mol. The summed E-state index contributed by atoms with van der Waals surface area (Å²) in [6.45, 7) is 4.86. The predicted octanol–water partition coefficient (Wildman–Crippen LogP) is 1.46. The Bertz CT molecular complexity index is 474. The topological polar surface area (TPSA) is 40.6 Å². The Morgan fingerprint density at radius 1 is 1.33 bits per heavy atom. The first-order valence-electron chi connectivity index (χ1n) is 7.77. The number of rotatable bonds is 6. The molecule has 5 nitrogen and oxygen atoms in total. The van der Waals surface area contributed by atoms with Crippen LogP contribution < -0.4 is 5.32 Å². The van der Waals surface area contributed by atoms with E-state index in [1.807, 2.05) is 11.3 Å².